The molecule has 32 heavy (non-hydrogen) atoms. The Morgan fingerprint density at radius 1 is 1.16 bits per heavy atom. The lowest BCUT2D eigenvalue weighted by Crippen LogP contribution is -2.52. The maximum atomic E-state index is 11.5. The Morgan fingerprint density at radius 3 is 2.38 bits per heavy atom. The Labute approximate surface area is 183 Å². The summed E-state index contributed by atoms with van der Waals surface area (Å²) in [6, 6.07) is 8.24. The van der Waals surface area contributed by atoms with Gasteiger partial charge in [-0.05, 0) is 38.4 Å². The van der Waals surface area contributed by atoms with E-state index in [1.807, 2.05) is 0 Å². The zero-order valence-electron chi connectivity index (χ0n) is 17.8. The zero-order valence-corrected chi connectivity index (χ0v) is 17.8. The molecule has 0 unspecified atom stereocenters. The van der Waals surface area contributed by atoms with E-state index in [0.717, 1.165) is 5.56 Å². The van der Waals surface area contributed by atoms with Crippen molar-refractivity contribution in [1.82, 2.24) is 5.32 Å². The van der Waals surface area contributed by atoms with Crippen LogP contribution in [0.25, 0.3) is 0 Å². The number of hydrogen-bond donors (Lipinski definition) is 3. The molecule has 1 heterocycles. The average molecular weight is 444 g/mol. The molecule has 3 rings (SSSR count). The molecule has 0 fully saturated rings. The van der Waals surface area contributed by atoms with Gasteiger partial charge in [-0.2, -0.15) is 0 Å². The minimum atomic E-state index is -1.03. The minimum Gasteiger partial charge on any atom is -0.484 e. The molecule has 2 aromatic carbocycles. The molecule has 1 aliphatic heterocycles. The molecule has 0 aliphatic carbocycles. The number of anilines is 1. The molecule has 3 N–H and O–H groups in total. The van der Waals surface area contributed by atoms with Crippen molar-refractivity contribution in [2.24, 2.45) is 0 Å². The molecular formula is C21H24N4O7. The van der Waals surface area contributed by atoms with E-state index in [1.165, 1.54) is 31.2 Å². The smallest absolute Gasteiger partial charge is 0.296 e. The second-order valence-corrected chi connectivity index (χ2v) is 8.10. The van der Waals surface area contributed by atoms with E-state index < -0.39 is 33.5 Å². The number of aliphatic hydroxyl groups is 1. The number of amides is 1. The molecule has 11 nitrogen and oxygen atoms in total. The van der Waals surface area contributed by atoms with Crippen LogP contribution in [0.15, 0.2) is 36.4 Å². The highest BCUT2D eigenvalue weighted by molar-refractivity contribution is 5.91. The number of non-ortho nitro benzene ring substituents is 1. The molecular weight excluding hydrogens is 420 g/mol. The number of nitro groups is 2. The van der Waals surface area contributed by atoms with E-state index in [2.05, 4.69) is 10.6 Å². The van der Waals surface area contributed by atoms with Gasteiger partial charge >= 0.3 is 0 Å². The number of hydrogen-bond acceptors (Lipinski definition) is 8. The second-order valence-electron chi connectivity index (χ2n) is 8.10. The molecule has 2 atom stereocenters. The molecule has 1 amide bonds. The number of nitrogens with one attached hydrogen (secondary N) is 2. The van der Waals surface area contributed by atoms with Crippen LogP contribution in [-0.4, -0.2) is 39.1 Å². The van der Waals surface area contributed by atoms with Gasteiger partial charge in [0.1, 0.15) is 23.1 Å². The van der Waals surface area contributed by atoms with Crippen LogP contribution in [0.4, 0.5) is 17.1 Å². The van der Waals surface area contributed by atoms with Crippen molar-refractivity contribution in [1.29, 1.82) is 0 Å². The molecule has 0 saturated heterocycles. The first-order valence-electron chi connectivity index (χ1n) is 9.93. The maximum Gasteiger partial charge on any atom is 0.296 e. The van der Waals surface area contributed by atoms with Gasteiger partial charge in [0, 0.05) is 24.6 Å². The number of carbonyl (C=O) groups excluding carboxylic acids is 1. The third-order valence-electron chi connectivity index (χ3n) is 5.30. The van der Waals surface area contributed by atoms with E-state index >= 15 is 0 Å². The first kappa shape index (κ1) is 23.1. The zero-order chi connectivity index (χ0) is 23.6. The van der Waals surface area contributed by atoms with Gasteiger partial charge < -0.3 is 20.5 Å². The highest BCUT2D eigenvalue weighted by atomic mass is 16.6. The van der Waals surface area contributed by atoms with E-state index in [4.69, 9.17) is 4.74 Å². The Balaban J connectivity index is 1.87. The van der Waals surface area contributed by atoms with Crippen LogP contribution in [0.3, 0.4) is 0 Å². The Morgan fingerprint density at radius 2 is 1.81 bits per heavy atom. The van der Waals surface area contributed by atoms with Crippen LogP contribution in [0.1, 0.15) is 37.9 Å². The Bertz CT molecular complexity index is 1050. The van der Waals surface area contributed by atoms with Gasteiger partial charge in [-0.3, -0.25) is 25.0 Å². The second kappa shape index (κ2) is 8.89. The van der Waals surface area contributed by atoms with Gasteiger partial charge in [0.15, 0.2) is 0 Å². The summed E-state index contributed by atoms with van der Waals surface area (Å²) in [5, 5.41) is 38.9. The summed E-state index contributed by atoms with van der Waals surface area (Å²) in [4.78, 5) is 32.7. The topological polar surface area (TPSA) is 157 Å². The predicted molar refractivity (Wildman–Crippen MR) is 116 cm³/mol. The Hall–Kier alpha value is -3.57. The monoisotopic (exact) mass is 444 g/mol. The number of benzene rings is 2. The Kier molecular flexibility index (Phi) is 6.42. The molecule has 0 spiro atoms. The van der Waals surface area contributed by atoms with Crippen LogP contribution < -0.4 is 15.4 Å². The van der Waals surface area contributed by atoms with E-state index in [9.17, 15) is 30.1 Å². The molecule has 1 aliphatic rings. The quantitative estimate of drug-likeness (QED) is 0.434. The highest BCUT2D eigenvalue weighted by Crippen LogP contribution is 2.44. The molecule has 11 heteroatoms. The van der Waals surface area contributed by atoms with Crippen LogP contribution in [-0.2, 0) is 11.2 Å². The normalized spacial score (nSPS) is 18.9. The number of ether oxygens (including phenoxy) is 1. The van der Waals surface area contributed by atoms with Gasteiger partial charge in [-0.25, -0.2) is 0 Å². The fraction of sp³-hybridized carbons (Fsp3) is 0.381. The van der Waals surface area contributed by atoms with Crippen molar-refractivity contribution < 1.29 is 24.5 Å². The average Bonchev–Trinajstić information content (AvgIpc) is 2.70. The summed E-state index contributed by atoms with van der Waals surface area (Å²) in [6.07, 6.45) is -0.456. The van der Waals surface area contributed by atoms with Gasteiger partial charge in [0.2, 0.25) is 5.91 Å². The number of fused-ring (bicyclic) bond motifs is 1. The molecule has 0 aromatic heterocycles. The highest BCUT2D eigenvalue weighted by Gasteiger charge is 2.43. The van der Waals surface area contributed by atoms with E-state index in [1.54, 1.807) is 26.0 Å². The predicted octanol–water partition coefficient (Wildman–Crippen LogP) is 2.87. The van der Waals surface area contributed by atoms with Crippen molar-refractivity contribution in [2.45, 2.75) is 44.9 Å². The largest absolute Gasteiger partial charge is 0.484 e. The van der Waals surface area contributed by atoms with E-state index in [-0.39, 0.29) is 22.8 Å². The van der Waals surface area contributed by atoms with Crippen molar-refractivity contribution in [2.75, 3.05) is 11.9 Å². The van der Waals surface area contributed by atoms with Crippen LogP contribution in [0, 0.1) is 20.2 Å². The lowest BCUT2D eigenvalue weighted by molar-refractivity contribution is -0.384. The van der Waals surface area contributed by atoms with Crippen molar-refractivity contribution in [3.8, 4) is 5.75 Å². The van der Waals surface area contributed by atoms with Crippen LogP contribution in [0.2, 0.25) is 0 Å². The van der Waals surface area contributed by atoms with Crippen molar-refractivity contribution >= 4 is 23.0 Å². The van der Waals surface area contributed by atoms with Gasteiger partial charge in [-0.15, -0.1) is 0 Å². The van der Waals surface area contributed by atoms with Gasteiger partial charge in [-0.1, -0.05) is 12.1 Å². The van der Waals surface area contributed by atoms with Crippen LogP contribution >= 0.6 is 0 Å². The summed E-state index contributed by atoms with van der Waals surface area (Å²) in [6.45, 7) is 5.03. The van der Waals surface area contributed by atoms with Crippen molar-refractivity contribution in [3.63, 3.8) is 0 Å². The number of rotatable bonds is 7. The van der Waals surface area contributed by atoms with Gasteiger partial charge in [0.25, 0.3) is 11.4 Å². The first-order chi connectivity index (χ1) is 15.0. The first-order valence-corrected chi connectivity index (χ1v) is 9.93. The lowest BCUT2D eigenvalue weighted by Gasteiger charge is -2.42. The fourth-order valence-corrected chi connectivity index (χ4v) is 3.65. The van der Waals surface area contributed by atoms with Crippen molar-refractivity contribution in [3.05, 3.63) is 67.8 Å². The van der Waals surface area contributed by atoms with E-state index in [0.29, 0.717) is 18.5 Å². The summed E-state index contributed by atoms with van der Waals surface area (Å²) >= 11 is 0. The number of carbonyl (C=O) groups is 1. The molecule has 0 saturated carbocycles. The summed E-state index contributed by atoms with van der Waals surface area (Å²) in [5.74, 6) is -0.220. The third-order valence-corrected chi connectivity index (χ3v) is 5.30. The maximum absolute atomic E-state index is 11.5. The van der Waals surface area contributed by atoms with Crippen LogP contribution in [0.5, 0.6) is 5.75 Å². The number of aliphatic hydroxyl groups excluding tert-OH is 1. The number of nitrogens with zero attached hydrogens (tertiary/aromatic N) is 2. The standard InChI is InChI=1S/C21H24N4O7/c1-12(26)23-16-10-15-18(11-17(16)25(30)31)32-21(2,3)20(27)19(15)22-9-8-13-4-6-14(7-5-13)24(28)29/h4-7,10-11,19-20,22,27H,8-9H2,1-3H3,(H,23,26)/t19-,20+/m1/s1. The van der Waals surface area contributed by atoms with Gasteiger partial charge in [0.05, 0.1) is 22.0 Å². The summed E-state index contributed by atoms with van der Waals surface area (Å²) < 4.78 is 5.84. The fourth-order valence-electron chi connectivity index (χ4n) is 3.65. The minimum absolute atomic E-state index is 0.00401. The summed E-state index contributed by atoms with van der Waals surface area (Å²) in [7, 11) is 0. The lowest BCUT2D eigenvalue weighted by atomic mass is 9.86. The molecule has 0 bridgehead atoms. The molecule has 2 aromatic rings. The number of nitro benzene ring substituents is 2. The third kappa shape index (κ3) is 4.84. The summed E-state index contributed by atoms with van der Waals surface area (Å²) in [5.41, 5.74) is 0.0298. The molecule has 170 valence electrons. The SMILES string of the molecule is CC(=O)Nc1cc2c(cc1[N+](=O)[O-])OC(C)(C)[C@@H](O)[C@@H]2NCCc1ccc([N+](=O)[O-])cc1. The molecule has 0 radical (unpaired) electrons.